The zero-order valence-corrected chi connectivity index (χ0v) is 15.1. The summed E-state index contributed by atoms with van der Waals surface area (Å²) in [7, 11) is 0. The van der Waals surface area contributed by atoms with Crippen molar-refractivity contribution in [3.8, 4) is 0 Å². The molecule has 0 spiro atoms. The standard InChI is InChI=1S/C19H25N3O3/c1-19(2,3)10-14-13-9-12(11-20-17(13)25-21-14)18(23)22-7-8-24-16-6-4-5-15(16)22/h9,11,15-16H,4-8,10H2,1-3H3/t15-,16-/m1/s1. The second-order valence-electron chi connectivity index (χ2n) is 8.35. The summed E-state index contributed by atoms with van der Waals surface area (Å²) in [5.41, 5.74) is 2.06. The summed E-state index contributed by atoms with van der Waals surface area (Å²) in [6.07, 6.45) is 5.78. The zero-order chi connectivity index (χ0) is 17.6. The monoisotopic (exact) mass is 343 g/mol. The second kappa shape index (κ2) is 6.09. The molecule has 2 fully saturated rings. The van der Waals surface area contributed by atoms with Gasteiger partial charge in [0.25, 0.3) is 11.6 Å². The van der Waals surface area contributed by atoms with Gasteiger partial charge in [-0.25, -0.2) is 4.98 Å². The molecule has 1 amide bonds. The van der Waals surface area contributed by atoms with Crippen LogP contribution in [0.15, 0.2) is 16.8 Å². The molecule has 4 rings (SSSR count). The molecule has 2 aliphatic rings. The van der Waals surface area contributed by atoms with Gasteiger partial charge < -0.3 is 14.2 Å². The van der Waals surface area contributed by atoms with Crippen LogP contribution < -0.4 is 0 Å². The molecular formula is C19H25N3O3. The molecule has 2 atom stereocenters. The van der Waals surface area contributed by atoms with Crippen LogP contribution in [0.4, 0.5) is 0 Å². The van der Waals surface area contributed by atoms with Gasteiger partial charge in [-0.05, 0) is 37.2 Å². The van der Waals surface area contributed by atoms with Crippen LogP contribution in [-0.2, 0) is 11.2 Å². The van der Waals surface area contributed by atoms with E-state index < -0.39 is 0 Å². The third-order valence-corrected chi connectivity index (χ3v) is 5.09. The number of amides is 1. The quantitative estimate of drug-likeness (QED) is 0.837. The van der Waals surface area contributed by atoms with Crippen molar-refractivity contribution in [1.82, 2.24) is 15.0 Å². The van der Waals surface area contributed by atoms with E-state index in [1.807, 2.05) is 11.0 Å². The van der Waals surface area contributed by atoms with E-state index in [0.717, 1.165) is 36.8 Å². The summed E-state index contributed by atoms with van der Waals surface area (Å²) < 4.78 is 11.2. The number of ether oxygens (including phenoxy) is 1. The first kappa shape index (κ1) is 16.5. The van der Waals surface area contributed by atoms with Gasteiger partial charge in [0.1, 0.15) is 0 Å². The Balaban J connectivity index is 1.64. The zero-order valence-electron chi connectivity index (χ0n) is 15.1. The van der Waals surface area contributed by atoms with Gasteiger partial charge in [0.05, 0.1) is 35.4 Å². The Bertz CT molecular complexity index is 793. The highest BCUT2D eigenvalue weighted by Gasteiger charge is 2.38. The van der Waals surface area contributed by atoms with Crippen molar-refractivity contribution in [3.63, 3.8) is 0 Å². The van der Waals surface area contributed by atoms with E-state index in [9.17, 15) is 4.79 Å². The highest BCUT2D eigenvalue weighted by molar-refractivity contribution is 5.97. The fourth-order valence-corrected chi connectivity index (χ4v) is 3.97. The molecule has 1 aliphatic carbocycles. The van der Waals surface area contributed by atoms with Gasteiger partial charge in [-0.1, -0.05) is 25.9 Å². The maximum absolute atomic E-state index is 13.1. The number of carbonyl (C=O) groups excluding carboxylic acids is 1. The number of aromatic nitrogens is 2. The van der Waals surface area contributed by atoms with Gasteiger partial charge in [0, 0.05) is 12.7 Å². The summed E-state index contributed by atoms with van der Waals surface area (Å²) in [5.74, 6) is 0.0394. The Morgan fingerprint density at radius 3 is 3.00 bits per heavy atom. The number of morpholine rings is 1. The predicted octanol–water partition coefficient (Wildman–Crippen LogP) is 3.20. The van der Waals surface area contributed by atoms with Gasteiger partial charge in [0.15, 0.2) is 0 Å². The normalized spacial score (nSPS) is 23.9. The van der Waals surface area contributed by atoms with E-state index in [1.165, 1.54) is 0 Å². The molecule has 0 N–H and O–H groups in total. The lowest BCUT2D eigenvalue weighted by molar-refractivity contribution is -0.0445. The number of hydrogen-bond donors (Lipinski definition) is 0. The predicted molar refractivity (Wildman–Crippen MR) is 93.4 cm³/mol. The summed E-state index contributed by atoms with van der Waals surface area (Å²) in [6, 6.07) is 2.09. The minimum atomic E-state index is 0.0394. The molecule has 6 heteroatoms. The number of rotatable bonds is 2. The first-order valence-electron chi connectivity index (χ1n) is 9.09. The van der Waals surface area contributed by atoms with E-state index in [1.54, 1.807) is 6.20 Å². The SMILES string of the molecule is CC(C)(C)Cc1noc2ncc(C(=O)N3CCO[C@@H]4CCC[C@H]43)cc12. The lowest BCUT2D eigenvalue weighted by atomic mass is 9.89. The molecule has 3 heterocycles. The molecule has 0 bridgehead atoms. The molecule has 1 saturated carbocycles. The Hall–Kier alpha value is -1.95. The lowest BCUT2D eigenvalue weighted by Gasteiger charge is -2.37. The van der Waals surface area contributed by atoms with Crippen LogP contribution in [0.1, 0.15) is 56.1 Å². The van der Waals surface area contributed by atoms with Crippen LogP contribution in [0.2, 0.25) is 0 Å². The first-order chi connectivity index (χ1) is 11.9. The van der Waals surface area contributed by atoms with Crippen molar-refractivity contribution in [2.24, 2.45) is 5.41 Å². The number of hydrogen-bond acceptors (Lipinski definition) is 5. The highest BCUT2D eigenvalue weighted by Crippen LogP contribution is 2.31. The fraction of sp³-hybridized carbons (Fsp3) is 0.632. The molecule has 2 aromatic rings. The Morgan fingerprint density at radius 2 is 2.20 bits per heavy atom. The van der Waals surface area contributed by atoms with E-state index in [0.29, 0.717) is 24.4 Å². The van der Waals surface area contributed by atoms with Crippen molar-refractivity contribution in [2.75, 3.05) is 13.2 Å². The fourth-order valence-electron chi connectivity index (χ4n) is 3.97. The molecule has 1 saturated heterocycles. The molecule has 0 aromatic carbocycles. The molecule has 134 valence electrons. The minimum Gasteiger partial charge on any atom is -0.374 e. The van der Waals surface area contributed by atoms with E-state index >= 15 is 0 Å². The number of carbonyl (C=O) groups is 1. The Morgan fingerprint density at radius 1 is 1.36 bits per heavy atom. The molecule has 25 heavy (non-hydrogen) atoms. The van der Waals surface area contributed by atoms with Crippen molar-refractivity contribution in [3.05, 3.63) is 23.5 Å². The van der Waals surface area contributed by atoms with Crippen LogP contribution in [0.3, 0.4) is 0 Å². The second-order valence-corrected chi connectivity index (χ2v) is 8.35. The lowest BCUT2D eigenvalue weighted by Crippen LogP contribution is -2.51. The van der Waals surface area contributed by atoms with Gasteiger partial charge in [-0.15, -0.1) is 0 Å². The highest BCUT2D eigenvalue weighted by atomic mass is 16.5. The van der Waals surface area contributed by atoms with E-state index in [-0.39, 0.29) is 23.5 Å². The van der Waals surface area contributed by atoms with Gasteiger partial charge in [-0.2, -0.15) is 0 Å². The molecule has 0 radical (unpaired) electrons. The third-order valence-electron chi connectivity index (χ3n) is 5.09. The van der Waals surface area contributed by atoms with Crippen molar-refractivity contribution < 1.29 is 14.1 Å². The maximum atomic E-state index is 13.1. The van der Waals surface area contributed by atoms with Crippen LogP contribution in [-0.4, -0.2) is 46.2 Å². The van der Waals surface area contributed by atoms with Gasteiger partial charge in [-0.3, -0.25) is 4.79 Å². The van der Waals surface area contributed by atoms with Crippen LogP contribution in [0.5, 0.6) is 0 Å². The average Bonchev–Trinajstić information content (AvgIpc) is 3.19. The molecule has 0 unspecified atom stereocenters. The molecular weight excluding hydrogens is 318 g/mol. The summed E-state index contributed by atoms with van der Waals surface area (Å²) in [5, 5.41) is 5.01. The largest absolute Gasteiger partial charge is 0.374 e. The summed E-state index contributed by atoms with van der Waals surface area (Å²) in [6.45, 7) is 7.74. The van der Waals surface area contributed by atoms with Gasteiger partial charge in [0.2, 0.25) is 0 Å². The average molecular weight is 343 g/mol. The number of fused-ring (bicyclic) bond motifs is 2. The summed E-state index contributed by atoms with van der Waals surface area (Å²) >= 11 is 0. The molecule has 2 aromatic heterocycles. The third kappa shape index (κ3) is 3.15. The smallest absolute Gasteiger partial charge is 0.257 e. The molecule has 6 nitrogen and oxygen atoms in total. The van der Waals surface area contributed by atoms with Crippen molar-refractivity contribution in [1.29, 1.82) is 0 Å². The van der Waals surface area contributed by atoms with Crippen molar-refractivity contribution in [2.45, 2.75) is 58.6 Å². The Kier molecular flexibility index (Phi) is 4.02. The maximum Gasteiger partial charge on any atom is 0.257 e. The van der Waals surface area contributed by atoms with Gasteiger partial charge >= 0.3 is 0 Å². The van der Waals surface area contributed by atoms with E-state index in [4.69, 9.17) is 9.26 Å². The van der Waals surface area contributed by atoms with Crippen LogP contribution in [0, 0.1) is 5.41 Å². The van der Waals surface area contributed by atoms with Crippen LogP contribution in [0.25, 0.3) is 11.1 Å². The summed E-state index contributed by atoms with van der Waals surface area (Å²) in [4.78, 5) is 19.4. The van der Waals surface area contributed by atoms with Crippen LogP contribution >= 0.6 is 0 Å². The number of pyridine rings is 1. The Labute approximate surface area is 147 Å². The molecule has 1 aliphatic heterocycles. The van der Waals surface area contributed by atoms with Crippen molar-refractivity contribution >= 4 is 17.0 Å². The number of nitrogens with zero attached hydrogens (tertiary/aromatic N) is 3. The first-order valence-corrected chi connectivity index (χ1v) is 9.09. The van der Waals surface area contributed by atoms with E-state index in [2.05, 4.69) is 30.9 Å². The topological polar surface area (TPSA) is 68.5 Å². The minimum absolute atomic E-state index is 0.0394.